The van der Waals surface area contributed by atoms with Gasteiger partial charge in [-0.05, 0) is 47.5 Å². The quantitative estimate of drug-likeness (QED) is 0.372. The average molecular weight is 436 g/mol. The third kappa shape index (κ3) is 3.87. The molecule has 3 heterocycles. The molecule has 1 saturated heterocycles. The van der Waals surface area contributed by atoms with Crippen LogP contribution in [0, 0.1) is 0 Å². The van der Waals surface area contributed by atoms with E-state index in [9.17, 15) is 14.7 Å². The number of aliphatic hydroxyl groups excluding tert-OH is 1. The Morgan fingerprint density at radius 1 is 1.13 bits per heavy atom. The summed E-state index contributed by atoms with van der Waals surface area (Å²) >= 11 is 6.11. The third-order valence-electron chi connectivity index (χ3n) is 5.05. The van der Waals surface area contributed by atoms with Gasteiger partial charge < -0.3 is 14.7 Å². The summed E-state index contributed by atoms with van der Waals surface area (Å²) in [4.78, 5) is 35.6. The second-order valence-electron chi connectivity index (χ2n) is 6.91. The van der Waals surface area contributed by atoms with Crippen molar-refractivity contribution in [1.82, 2.24) is 14.9 Å². The minimum absolute atomic E-state index is 0.0411. The van der Waals surface area contributed by atoms with E-state index in [4.69, 9.17) is 16.3 Å². The van der Waals surface area contributed by atoms with E-state index in [0.717, 1.165) is 5.56 Å². The summed E-state index contributed by atoms with van der Waals surface area (Å²) in [6.45, 7) is 0.148. The van der Waals surface area contributed by atoms with Crippen LogP contribution in [0.5, 0.6) is 5.75 Å². The molecule has 1 aliphatic rings. The first-order chi connectivity index (χ1) is 15.0. The lowest BCUT2D eigenvalue weighted by Crippen LogP contribution is -2.29. The molecule has 1 amide bonds. The Labute approximate surface area is 183 Å². The van der Waals surface area contributed by atoms with Crippen LogP contribution in [0.1, 0.15) is 22.7 Å². The summed E-state index contributed by atoms with van der Waals surface area (Å²) in [6.07, 6.45) is 6.39. The van der Waals surface area contributed by atoms with Crippen LogP contribution in [-0.4, -0.2) is 38.8 Å². The van der Waals surface area contributed by atoms with Crippen molar-refractivity contribution in [3.63, 3.8) is 0 Å². The van der Waals surface area contributed by atoms with Crippen molar-refractivity contribution in [2.24, 2.45) is 0 Å². The fourth-order valence-corrected chi connectivity index (χ4v) is 3.81. The van der Waals surface area contributed by atoms with Crippen LogP contribution in [0.3, 0.4) is 0 Å². The van der Waals surface area contributed by atoms with Gasteiger partial charge in [0.2, 0.25) is 0 Å². The number of carbonyl (C=O) groups is 2. The van der Waals surface area contributed by atoms with Gasteiger partial charge in [0.1, 0.15) is 11.5 Å². The normalized spacial score (nSPS) is 17.7. The fraction of sp³-hybridized carbons (Fsp3) is 0.130. The van der Waals surface area contributed by atoms with Crippen molar-refractivity contribution < 1.29 is 19.4 Å². The molecule has 0 bridgehead atoms. The molecule has 1 aliphatic heterocycles. The highest BCUT2D eigenvalue weighted by atomic mass is 35.5. The number of ketones is 1. The summed E-state index contributed by atoms with van der Waals surface area (Å²) in [7, 11) is 1.45. The second kappa shape index (κ2) is 8.57. The van der Waals surface area contributed by atoms with Crippen LogP contribution >= 0.6 is 11.6 Å². The zero-order valence-corrected chi connectivity index (χ0v) is 17.3. The molecule has 0 unspecified atom stereocenters. The Morgan fingerprint density at radius 3 is 2.58 bits per heavy atom. The van der Waals surface area contributed by atoms with E-state index in [-0.39, 0.29) is 23.4 Å². The van der Waals surface area contributed by atoms with Crippen LogP contribution < -0.4 is 4.74 Å². The lowest BCUT2D eigenvalue weighted by Gasteiger charge is -2.25. The summed E-state index contributed by atoms with van der Waals surface area (Å²) < 4.78 is 5.33. The van der Waals surface area contributed by atoms with Crippen LogP contribution in [0.15, 0.2) is 72.8 Å². The Kier molecular flexibility index (Phi) is 5.68. The van der Waals surface area contributed by atoms with Gasteiger partial charge in [-0.25, -0.2) is 0 Å². The molecule has 7 nitrogen and oxygen atoms in total. The summed E-state index contributed by atoms with van der Waals surface area (Å²) in [5, 5.41) is 11.5. The van der Waals surface area contributed by atoms with Gasteiger partial charge in [-0.2, -0.15) is 0 Å². The summed E-state index contributed by atoms with van der Waals surface area (Å²) in [5.74, 6) is -1.53. The van der Waals surface area contributed by atoms with Crippen LogP contribution in [0.2, 0.25) is 5.02 Å². The highest BCUT2D eigenvalue weighted by Gasteiger charge is 2.46. The number of Topliss-reactive ketones (excluding diaryl/α,β-unsaturated/α-hetero) is 1. The summed E-state index contributed by atoms with van der Waals surface area (Å²) in [6, 6.07) is 10.9. The van der Waals surface area contributed by atoms with Gasteiger partial charge in [-0.3, -0.25) is 19.6 Å². The number of aliphatic hydroxyl groups is 1. The van der Waals surface area contributed by atoms with E-state index in [1.807, 2.05) is 6.07 Å². The first-order valence-electron chi connectivity index (χ1n) is 9.42. The monoisotopic (exact) mass is 435 g/mol. The van der Waals surface area contributed by atoms with Crippen molar-refractivity contribution in [2.75, 3.05) is 7.11 Å². The Hall–Kier alpha value is -3.71. The molecular weight excluding hydrogens is 418 g/mol. The van der Waals surface area contributed by atoms with Crippen LogP contribution in [0.4, 0.5) is 0 Å². The predicted molar refractivity (Wildman–Crippen MR) is 114 cm³/mol. The molecule has 8 heteroatoms. The van der Waals surface area contributed by atoms with Crippen LogP contribution in [0.25, 0.3) is 5.76 Å². The van der Waals surface area contributed by atoms with Crippen molar-refractivity contribution in [3.05, 3.63) is 94.5 Å². The van der Waals surface area contributed by atoms with Crippen molar-refractivity contribution in [2.45, 2.75) is 12.6 Å². The molecule has 0 spiro atoms. The van der Waals surface area contributed by atoms with E-state index in [0.29, 0.717) is 16.3 Å². The van der Waals surface area contributed by atoms with Gasteiger partial charge in [0.05, 0.1) is 24.3 Å². The van der Waals surface area contributed by atoms with Crippen molar-refractivity contribution in [1.29, 1.82) is 0 Å². The lowest BCUT2D eigenvalue weighted by molar-refractivity contribution is -0.140. The number of rotatable bonds is 5. The first kappa shape index (κ1) is 20.6. The number of ether oxygens (including phenoxy) is 1. The Morgan fingerprint density at radius 2 is 1.90 bits per heavy atom. The van der Waals surface area contributed by atoms with Gasteiger partial charge in [0.15, 0.2) is 0 Å². The van der Waals surface area contributed by atoms with Gasteiger partial charge in [0.25, 0.3) is 11.7 Å². The molecule has 3 aromatic rings. The standard InChI is InChI=1S/C23H18ClN3O4/c1-31-18-5-4-16(24)11-17(18)21(28)19-20(15-6-9-25-10-7-15)27(23(30)22(19)29)13-14-3-2-8-26-12-14/h2-12,20,28H,13H2,1H3/t20-/m0/s1. The number of aromatic nitrogens is 2. The molecule has 0 radical (unpaired) electrons. The molecule has 156 valence electrons. The SMILES string of the molecule is COc1ccc(Cl)cc1C(O)=C1C(=O)C(=O)N(Cc2cccnc2)[C@H]1c1ccncc1. The Balaban J connectivity index is 1.90. The lowest BCUT2D eigenvalue weighted by atomic mass is 9.95. The number of hydrogen-bond donors (Lipinski definition) is 1. The van der Waals surface area contributed by atoms with E-state index < -0.39 is 17.7 Å². The molecular formula is C23H18ClN3O4. The minimum Gasteiger partial charge on any atom is -0.507 e. The van der Waals surface area contributed by atoms with E-state index in [1.54, 1.807) is 55.1 Å². The van der Waals surface area contributed by atoms with E-state index in [2.05, 4.69) is 9.97 Å². The smallest absolute Gasteiger partial charge is 0.295 e. The molecule has 4 rings (SSSR count). The maximum Gasteiger partial charge on any atom is 0.295 e. The van der Waals surface area contributed by atoms with E-state index >= 15 is 0 Å². The maximum atomic E-state index is 13.1. The molecule has 31 heavy (non-hydrogen) atoms. The largest absolute Gasteiger partial charge is 0.507 e. The number of hydrogen-bond acceptors (Lipinski definition) is 6. The Bertz CT molecular complexity index is 1170. The highest BCUT2D eigenvalue weighted by Crippen LogP contribution is 2.41. The van der Waals surface area contributed by atoms with Gasteiger partial charge in [-0.1, -0.05) is 17.7 Å². The zero-order valence-electron chi connectivity index (χ0n) is 16.5. The van der Waals surface area contributed by atoms with Crippen molar-refractivity contribution in [3.8, 4) is 5.75 Å². The number of amides is 1. The van der Waals surface area contributed by atoms with Gasteiger partial charge in [-0.15, -0.1) is 0 Å². The first-order valence-corrected chi connectivity index (χ1v) is 9.80. The third-order valence-corrected chi connectivity index (χ3v) is 5.29. The summed E-state index contributed by atoms with van der Waals surface area (Å²) in [5.41, 5.74) is 1.58. The molecule has 1 fully saturated rings. The fourth-order valence-electron chi connectivity index (χ4n) is 3.63. The predicted octanol–water partition coefficient (Wildman–Crippen LogP) is 3.76. The maximum absolute atomic E-state index is 13.1. The zero-order chi connectivity index (χ0) is 22.0. The average Bonchev–Trinajstić information content (AvgIpc) is 3.04. The number of nitrogens with zero attached hydrogens (tertiary/aromatic N) is 3. The van der Waals surface area contributed by atoms with Gasteiger partial charge in [0, 0.05) is 36.4 Å². The van der Waals surface area contributed by atoms with E-state index in [1.165, 1.54) is 18.1 Å². The number of likely N-dealkylation sites (tertiary alicyclic amines) is 1. The van der Waals surface area contributed by atoms with Crippen LogP contribution in [-0.2, 0) is 16.1 Å². The van der Waals surface area contributed by atoms with Crippen molar-refractivity contribution >= 4 is 29.1 Å². The number of pyridine rings is 2. The number of halogens is 1. The van der Waals surface area contributed by atoms with Gasteiger partial charge >= 0.3 is 0 Å². The topological polar surface area (TPSA) is 92.6 Å². The number of methoxy groups -OCH3 is 1. The molecule has 0 saturated carbocycles. The molecule has 2 aromatic heterocycles. The second-order valence-corrected chi connectivity index (χ2v) is 7.35. The minimum atomic E-state index is -0.813. The molecule has 0 aliphatic carbocycles. The molecule has 1 N–H and O–H groups in total. The molecule has 1 aromatic carbocycles. The number of carbonyl (C=O) groups excluding carboxylic acids is 2. The highest BCUT2D eigenvalue weighted by molar-refractivity contribution is 6.46. The number of benzene rings is 1. The molecule has 1 atom stereocenters.